The van der Waals surface area contributed by atoms with Crippen LogP contribution >= 0.6 is 0 Å². The number of anilines is 1. The lowest BCUT2D eigenvalue weighted by Crippen LogP contribution is -2.44. The van der Waals surface area contributed by atoms with Crippen LogP contribution in [0.4, 0.5) is 5.69 Å². The van der Waals surface area contributed by atoms with Gasteiger partial charge in [0.15, 0.2) is 0 Å². The first-order valence-corrected chi connectivity index (χ1v) is 6.80. The van der Waals surface area contributed by atoms with Gasteiger partial charge in [-0.25, -0.2) is 4.79 Å². The van der Waals surface area contributed by atoms with E-state index < -0.39 is 0 Å². The van der Waals surface area contributed by atoms with Crippen molar-refractivity contribution >= 4 is 11.7 Å². The second-order valence-corrected chi connectivity index (χ2v) is 4.42. The number of ether oxygens (including phenoxy) is 1. The zero-order valence-corrected chi connectivity index (χ0v) is 11.5. The van der Waals surface area contributed by atoms with E-state index in [0.29, 0.717) is 12.2 Å². The molecule has 0 spiro atoms. The summed E-state index contributed by atoms with van der Waals surface area (Å²) >= 11 is 0. The summed E-state index contributed by atoms with van der Waals surface area (Å²) in [7, 11) is 0. The molecule has 1 aliphatic rings. The number of nitrogens with zero attached hydrogens (tertiary/aromatic N) is 2. The Morgan fingerprint density at radius 2 is 2.21 bits per heavy atom. The molecule has 0 aliphatic carbocycles. The number of carbonyl (C=O) groups is 1. The minimum Gasteiger partial charge on any atom is -0.462 e. The van der Waals surface area contributed by atoms with Crippen molar-refractivity contribution in [1.82, 2.24) is 10.3 Å². The third-order valence-corrected chi connectivity index (χ3v) is 3.26. The van der Waals surface area contributed by atoms with Crippen molar-refractivity contribution < 1.29 is 9.53 Å². The predicted molar refractivity (Wildman–Crippen MR) is 73.5 cm³/mol. The normalized spacial score (nSPS) is 15.4. The van der Waals surface area contributed by atoms with Crippen molar-refractivity contribution in [2.75, 3.05) is 37.7 Å². The van der Waals surface area contributed by atoms with Gasteiger partial charge in [0.25, 0.3) is 0 Å². The van der Waals surface area contributed by atoms with Gasteiger partial charge in [-0.3, -0.25) is 4.98 Å². The van der Waals surface area contributed by atoms with Crippen LogP contribution in [0.3, 0.4) is 0 Å². The Bertz CT molecular complexity index is 442. The van der Waals surface area contributed by atoms with Crippen LogP contribution < -0.4 is 10.2 Å². The number of piperazine rings is 1. The molecule has 2 heterocycles. The van der Waals surface area contributed by atoms with Crippen molar-refractivity contribution in [1.29, 1.82) is 0 Å². The molecule has 1 aromatic rings. The fourth-order valence-corrected chi connectivity index (χ4v) is 2.32. The van der Waals surface area contributed by atoms with E-state index in [9.17, 15) is 4.79 Å². The summed E-state index contributed by atoms with van der Waals surface area (Å²) in [4.78, 5) is 18.3. The summed E-state index contributed by atoms with van der Waals surface area (Å²) in [5, 5.41) is 3.31. The SMILES string of the molecule is CCOC(=O)c1cn[c]c(N2CCNCC2)c1CC. The Labute approximate surface area is 114 Å². The van der Waals surface area contributed by atoms with Crippen LogP contribution in [-0.4, -0.2) is 43.7 Å². The van der Waals surface area contributed by atoms with Gasteiger partial charge in [0.05, 0.1) is 17.9 Å². The first kappa shape index (κ1) is 13.8. The third-order valence-electron chi connectivity index (χ3n) is 3.26. The summed E-state index contributed by atoms with van der Waals surface area (Å²) in [6.07, 6.45) is 5.36. The second-order valence-electron chi connectivity index (χ2n) is 4.42. The average molecular weight is 262 g/mol. The van der Waals surface area contributed by atoms with E-state index in [1.165, 1.54) is 0 Å². The number of pyridine rings is 1. The van der Waals surface area contributed by atoms with Crippen molar-refractivity contribution in [3.05, 3.63) is 23.5 Å². The lowest BCUT2D eigenvalue weighted by atomic mass is 10.0. The highest BCUT2D eigenvalue weighted by Gasteiger charge is 2.20. The van der Waals surface area contributed by atoms with E-state index in [1.807, 2.05) is 13.8 Å². The van der Waals surface area contributed by atoms with Crippen LogP contribution in [0.2, 0.25) is 0 Å². The van der Waals surface area contributed by atoms with Gasteiger partial charge in [-0.1, -0.05) is 6.92 Å². The summed E-state index contributed by atoms with van der Waals surface area (Å²) in [6, 6.07) is 0. The third kappa shape index (κ3) is 3.04. The van der Waals surface area contributed by atoms with Crippen molar-refractivity contribution in [2.45, 2.75) is 20.3 Å². The molecular formula is C14H20N3O2. The van der Waals surface area contributed by atoms with Gasteiger partial charge < -0.3 is 15.0 Å². The Morgan fingerprint density at radius 3 is 2.84 bits per heavy atom. The minimum absolute atomic E-state index is 0.294. The Hall–Kier alpha value is -1.62. The molecule has 1 radical (unpaired) electrons. The molecule has 5 nitrogen and oxygen atoms in total. The molecule has 1 aromatic heterocycles. The van der Waals surface area contributed by atoms with Crippen molar-refractivity contribution in [3.63, 3.8) is 0 Å². The van der Waals surface area contributed by atoms with Crippen molar-refractivity contribution in [3.8, 4) is 0 Å². The largest absolute Gasteiger partial charge is 0.462 e. The monoisotopic (exact) mass is 262 g/mol. The van der Waals surface area contributed by atoms with E-state index in [1.54, 1.807) is 6.20 Å². The molecule has 0 bridgehead atoms. The molecule has 103 valence electrons. The van der Waals surface area contributed by atoms with Gasteiger partial charge in [0.1, 0.15) is 6.20 Å². The molecular weight excluding hydrogens is 242 g/mol. The second kappa shape index (κ2) is 6.52. The zero-order chi connectivity index (χ0) is 13.7. The van der Waals surface area contributed by atoms with Gasteiger partial charge in [0.2, 0.25) is 0 Å². The summed E-state index contributed by atoms with van der Waals surface area (Å²) in [6.45, 7) is 7.95. The topological polar surface area (TPSA) is 54.5 Å². The van der Waals surface area contributed by atoms with Crippen LogP contribution in [0.1, 0.15) is 29.8 Å². The van der Waals surface area contributed by atoms with E-state index in [0.717, 1.165) is 43.9 Å². The maximum absolute atomic E-state index is 12.0. The lowest BCUT2D eigenvalue weighted by Gasteiger charge is -2.30. The highest BCUT2D eigenvalue weighted by Crippen LogP contribution is 2.24. The van der Waals surface area contributed by atoms with Gasteiger partial charge in [-0.2, -0.15) is 0 Å². The van der Waals surface area contributed by atoms with Crippen molar-refractivity contribution in [2.24, 2.45) is 0 Å². The number of nitrogens with one attached hydrogen (secondary N) is 1. The molecule has 5 heteroatoms. The maximum Gasteiger partial charge on any atom is 0.340 e. The fraction of sp³-hybridized carbons (Fsp3) is 0.571. The Kier molecular flexibility index (Phi) is 4.74. The molecule has 2 rings (SSSR count). The molecule has 1 fully saturated rings. The molecule has 1 N–H and O–H groups in total. The summed E-state index contributed by atoms with van der Waals surface area (Å²) in [5.41, 5.74) is 2.49. The fourth-order valence-electron chi connectivity index (χ4n) is 2.32. The maximum atomic E-state index is 12.0. The zero-order valence-electron chi connectivity index (χ0n) is 11.5. The van der Waals surface area contributed by atoms with Gasteiger partial charge in [0, 0.05) is 32.4 Å². The van der Waals surface area contributed by atoms with E-state index in [4.69, 9.17) is 4.74 Å². The smallest absolute Gasteiger partial charge is 0.340 e. The summed E-state index contributed by atoms with van der Waals surface area (Å²) in [5.74, 6) is -0.294. The highest BCUT2D eigenvalue weighted by atomic mass is 16.5. The van der Waals surface area contributed by atoms with Crippen LogP contribution in [0.15, 0.2) is 6.20 Å². The number of hydrogen-bond acceptors (Lipinski definition) is 5. The van der Waals surface area contributed by atoms with Crippen LogP contribution in [0.5, 0.6) is 0 Å². The van der Waals surface area contributed by atoms with E-state index in [-0.39, 0.29) is 5.97 Å². The van der Waals surface area contributed by atoms with Crippen LogP contribution in [-0.2, 0) is 11.2 Å². The van der Waals surface area contributed by atoms with Crippen LogP contribution in [0, 0.1) is 6.20 Å². The molecule has 1 aliphatic heterocycles. The molecule has 0 unspecified atom stereocenters. The molecule has 19 heavy (non-hydrogen) atoms. The standard InChI is InChI=1S/C14H20N3O2/c1-3-11-12(14(18)19-4-2)9-16-10-13(11)17-7-5-15-6-8-17/h9,15H,3-8H2,1-2H3. The molecule has 0 aromatic carbocycles. The Balaban J connectivity index is 2.32. The average Bonchev–Trinajstić information content (AvgIpc) is 2.47. The number of aromatic nitrogens is 1. The van der Waals surface area contributed by atoms with Gasteiger partial charge in [-0.05, 0) is 18.9 Å². The highest BCUT2D eigenvalue weighted by molar-refractivity contribution is 5.92. The first-order chi connectivity index (χ1) is 9.27. The Morgan fingerprint density at radius 1 is 1.47 bits per heavy atom. The predicted octanol–water partition coefficient (Wildman–Crippen LogP) is 1.03. The molecule has 1 saturated heterocycles. The number of esters is 1. The molecule has 0 atom stereocenters. The van der Waals surface area contributed by atoms with E-state index >= 15 is 0 Å². The number of carbonyl (C=O) groups excluding carboxylic acids is 1. The van der Waals surface area contributed by atoms with E-state index in [2.05, 4.69) is 21.4 Å². The molecule has 0 saturated carbocycles. The number of hydrogen-bond donors (Lipinski definition) is 1. The van der Waals surface area contributed by atoms with Crippen LogP contribution in [0.25, 0.3) is 0 Å². The lowest BCUT2D eigenvalue weighted by molar-refractivity contribution is 0.0524. The first-order valence-electron chi connectivity index (χ1n) is 6.80. The number of rotatable bonds is 4. The molecule has 0 amide bonds. The minimum atomic E-state index is -0.294. The quantitative estimate of drug-likeness (QED) is 0.821. The van der Waals surface area contributed by atoms with Gasteiger partial charge >= 0.3 is 5.97 Å². The van der Waals surface area contributed by atoms with Gasteiger partial charge in [-0.15, -0.1) is 0 Å². The summed E-state index contributed by atoms with van der Waals surface area (Å²) < 4.78 is 5.09.